The highest BCUT2D eigenvalue weighted by molar-refractivity contribution is 6.84. The van der Waals surface area contributed by atoms with Crippen LogP contribution in [0.15, 0.2) is 0 Å². The molecule has 3 atom stereocenters. The highest BCUT2D eigenvalue weighted by Crippen LogP contribution is 2.30. The Hall–Kier alpha value is 0.611. The summed E-state index contributed by atoms with van der Waals surface area (Å²) in [5.74, 6) is 2.57. The van der Waals surface area contributed by atoms with Gasteiger partial charge in [0.05, 0.1) is 0 Å². The van der Waals surface area contributed by atoms with Crippen LogP contribution in [0, 0.1) is 17.8 Å². The van der Waals surface area contributed by atoms with Gasteiger partial charge in [-0.25, -0.2) is 0 Å². The molecule has 1 nitrogen and oxygen atoms in total. The second-order valence-electron chi connectivity index (χ2n) is 10.7. The molecule has 3 unspecified atom stereocenters. The lowest BCUT2D eigenvalue weighted by atomic mass is 9.91. The largest absolute Gasteiger partial charge is 0.456 e. The van der Waals surface area contributed by atoms with Crippen molar-refractivity contribution in [2.24, 2.45) is 17.8 Å². The minimum Gasteiger partial charge on any atom is -0.456 e. The molecule has 0 radical (unpaired) electrons. The monoisotopic (exact) mass is 360 g/mol. The van der Waals surface area contributed by atoms with Gasteiger partial charge in [0.2, 0.25) is 0 Å². The summed E-state index contributed by atoms with van der Waals surface area (Å²) in [7, 11) is -3.76. The Kier molecular flexibility index (Phi) is 8.87. The summed E-state index contributed by atoms with van der Waals surface area (Å²) in [5.41, 5.74) is 0. The number of rotatable bonds is 10. The summed E-state index contributed by atoms with van der Waals surface area (Å²) in [5, 5.41) is 0. The van der Waals surface area contributed by atoms with Crippen LogP contribution in [0.3, 0.4) is 0 Å². The van der Waals surface area contributed by atoms with E-state index in [2.05, 4.69) is 73.1 Å². The molecule has 0 aromatic rings. The van der Waals surface area contributed by atoms with Gasteiger partial charge < -0.3 is 4.12 Å². The molecule has 0 aliphatic rings. The van der Waals surface area contributed by atoms with Gasteiger partial charge in [-0.15, -0.1) is 0 Å². The Morgan fingerprint density at radius 3 is 1.41 bits per heavy atom. The number of hydrogen-bond donors (Lipinski definition) is 0. The molecule has 22 heavy (non-hydrogen) atoms. The predicted octanol–water partition coefficient (Wildman–Crippen LogP) is 7.07. The fraction of sp³-hybridized carbons (Fsp3) is 1.00. The second kappa shape index (κ2) is 8.63. The highest BCUT2D eigenvalue weighted by atomic mass is 28.4. The van der Waals surface area contributed by atoms with Crippen LogP contribution in [-0.2, 0) is 4.12 Å². The van der Waals surface area contributed by atoms with Gasteiger partial charge in [-0.05, 0) is 69.4 Å². The average molecular weight is 361 g/mol. The summed E-state index contributed by atoms with van der Waals surface area (Å²) in [4.78, 5) is 0. The fourth-order valence-corrected chi connectivity index (χ4v) is 15.5. The van der Waals surface area contributed by atoms with E-state index in [0.29, 0.717) is 0 Å². The van der Waals surface area contributed by atoms with Crippen LogP contribution in [0.25, 0.3) is 0 Å². The third-order valence-corrected chi connectivity index (χ3v) is 12.3. The third-order valence-electron chi connectivity index (χ3n) is 3.99. The summed E-state index contributed by atoms with van der Waals surface area (Å²) in [6.45, 7) is 26.7. The highest BCUT2D eigenvalue weighted by Gasteiger charge is 2.31. The smallest absolute Gasteiger partial charge is 0.173 e. The fourth-order valence-electron chi connectivity index (χ4n) is 4.39. The normalized spacial score (nSPS) is 18.1. The summed E-state index contributed by atoms with van der Waals surface area (Å²) >= 11 is 0. The van der Waals surface area contributed by atoms with Crippen molar-refractivity contribution in [3.05, 3.63) is 0 Å². The van der Waals surface area contributed by atoms with E-state index >= 15 is 0 Å². The zero-order valence-electron chi connectivity index (χ0n) is 17.5. The summed E-state index contributed by atoms with van der Waals surface area (Å²) < 4.78 is 6.51. The Balaban J connectivity index is 4.28. The quantitative estimate of drug-likeness (QED) is 0.378. The Bertz CT molecular complexity index is 315. The first-order valence-corrected chi connectivity index (χ1v) is 19.5. The Morgan fingerprint density at radius 2 is 1.05 bits per heavy atom. The van der Waals surface area contributed by atoms with Crippen molar-refractivity contribution in [2.45, 2.75) is 98.1 Å². The van der Waals surface area contributed by atoms with Crippen LogP contribution in [0.4, 0.5) is 0 Å². The Morgan fingerprint density at radius 1 is 0.636 bits per heavy atom. The average Bonchev–Trinajstić information content (AvgIpc) is 2.05. The molecule has 0 amide bonds. The van der Waals surface area contributed by atoms with Gasteiger partial charge in [-0.1, -0.05) is 46.5 Å². The van der Waals surface area contributed by atoms with Crippen LogP contribution < -0.4 is 0 Å². The van der Waals surface area contributed by atoms with Gasteiger partial charge in [-0.3, -0.25) is 0 Å². The molecule has 0 aromatic carbocycles. The van der Waals surface area contributed by atoms with Crippen molar-refractivity contribution in [1.82, 2.24) is 0 Å². The summed E-state index contributed by atoms with van der Waals surface area (Å²) in [6, 6.07) is 2.80. The molecule has 134 valence electrons. The van der Waals surface area contributed by atoms with Crippen molar-refractivity contribution >= 4 is 24.7 Å². The van der Waals surface area contributed by atoms with Crippen molar-refractivity contribution in [3.63, 3.8) is 0 Å². The molecule has 0 aliphatic heterocycles. The zero-order valence-corrected chi connectivity index (χ0v) is 20.5. The first kappa shape index (κ1) is 22.6. The maximum atomic E-state index is 6.51. The lowest BCUT2D eigenvalue weighted by Gasteiger charge is -2.34. The molecular formula is C18H44OSi3. The molecule has 0 spiro atoms. The predicted molar refractivity (Wildman–Crippen MR) is 112 cm³/mol. The first-order chi connectivity index (χ1) is 9.60. The van der Waals surface area contributed by atoms with Gasteiger partial charge in [0.25, 0.3) is 0 Å². The molecule has 0 rings (SSSR count). The lowest BCUT2D eigenvalue weighted by molar-refractivity contribution is 0.360. The summed E-state index contributed by atoms with van der Waals surface area (Å²) in [6.07, 6.45) is 2.78. The van der Waals surface area contributed by atoms with Crippen molar-refractivity contribution < 1.29 is 4.12 Å². The van der Waals surface area contributed by atoms with E-state index < -0.39 is 24.7 Å². The SMILES string of the molecule is CC(CC(C)C[Si](C)(C)C)CC(C)C[Si](C)(C)O[Si](C)(C)C. The van der Waals surface area contributed by atoms with E-state index in [9.17, 15) is 0 Å². The molecule has 0 aromatic heterocycles. The van der Waals surface area contributed by atoms with Crippen LogP contribution in [0.5, 0.6) is 0 Å². The molecule has 0 fully saturated rings. The van der Waals surface area contributed by atoms with E-state index in [-0.39, 0.29) is 0 Å². The van der Waals surface area contributed by atoms with Gasteiger partial charge in [0.15, 0.2) is 16.6 Å². The standard InChI is InChI=1S/C18H44OSi3/c1-16(12-17(2)14-20(4,5)6)13-18(3)15-22(10,11)19-21(7,8)9/h16-18H,12-15H2,1-11H3. The molecule has 0 saturated heterocycles. The van der Waals surface area contributed by atoms with E-state index in [4.69, 9.17) is 4.12 Å². The third kappa shape index (κ3) is 13.1. The Labute approximate surface area is 144 Å². The molecule has 0 bridgehead atoms. The van der Waals surface area contributed by atoms with Crippen LogP contribution in [0.2, 0.25) is 64.5 Å². The minimum absolute atomic E-state index is 0.812. The number of hydrogen-bond acceptors (Lipinski definition) is 1. The lowest BCUT2D eigenvalue weighted by Crippen LogP contribution is -2.43. The molecule has 0 aliphatic carbocycles. The molecular weight excluding hydrogens is 316 g/mol. The van der Waals surface area contributed by atoms with Gasteiger partial charge in [0.1, 0.15) is 0 Å². The van der Waals surface area contributed by atoms with E-state index in [0.717, 1.165) is 17.8 Å². The molecule has 4 heteroatoms. The van der Waals surface area contributed by atoms with Crippen LogP contribution in [0.1, 0.15) is 33.6 Å². The maximum Gasteiger partial charge on any atom is 0.173 e. The van der Waals surface area contributed by atoms with E-state index in [1.807, 2.05) is 0 Å². The van der Waals surface area contributed by atoms with Crippen molar-refractivity contribution in [2.75, 3.05) is 0 Å². The van der Waals surface area contributed by atoms with Gasteiger partial charge in [-0.2, -0.15) is 0 Å². The van der Waals surface area contributed by atoms with E-state index in [1.54, 1.807) is 0 Å². The zero-order chi connectivity index (χ0) is 17.8. The van der Waals surface area contributed by atoms with Crippen molar-refractivity contribution in [1.29, 1.82) is 0 Å². The van der Waals surface area contributed by atoms with Gasteiger partial charge >= 0.3 is 0 Å². The van der Waals surface area contributed by atoms with E-state index in [1.165, 1.54) is 24.9 Å². The minimum atomic E-state index is -1.48. The van der Waals surface area contributed by atoms with Crippen LogP contribution in [-0.4, -0.2) is 24.7 Å². The maximum absolute atomic E-state index is 6.51. The second-order valence-corrected chi connectivity index (χ2v) is 25.2. The van der Waals surface area contributed by atoms with Crippen LogP contribution >= 0.6 is 0 Å². The molecule has 0 saturated carbocycles. The first-order valence-electron chi connectivity index (χ1n) is 9.30. The molecule has 0 N–H and O–H groups in total. The topological polar surface area (TPSA) is 9.23 Å². The molecule has 0 heterocycles. The van der Waals surface area contributed by atoms with Gasteiger partial charge in [0, 0.05) is 8.07 Å². The van der Waals surface area contributed by atoms with Crippen molar-refractivity contribution in [3.8, 4) is 0 Å².